The molecule has 1 aliphatic carbocycles. The molecule has 46 heavy (non-hydrogen) atoms. The van der Waals surface area contributed by atoms with Crippen molar-refractivity contribution in [2.45, 2.75) is 38.4 Å². The molecule has 0 radical (unpaired) electrons. The van der Waals surface area contributed by atoms with Crippen LogP contribution in [0.4, 0.5) is 10.1 Å². The third kappa shape index (κ3) is 5.24. The summed E-state index contributed by atoms with van der Waals surface area (Å²) in [5, 5.41) is 3.77. The van der Waals surface area contributed by atoms with Crippen LogP contribution in [0.3, 0.4) is 0 Å². The molecule has 2 fully saturated rings. The van der Waals surface area contributed by atoms with E-state index in [9.17, 15) is 19.2 Å². The van der Waals surface area contributed by atoms with E-state index in [1.165, 1.54) is 25.4 Å². The number of nitrogens with zero attached hydrogens (tertiary/aromatic N) is 4. The van der Waals surface area contributed by atoms with Gasteiger partial charge in [0.25, 0.3) is 0 Å². The minimum absolute atomic E-state index is 0.0138. The van der Waals surface area contributed by atoms with Crippen molar-refractivity contribution in [3.8, 4) is 22.3 Å². The number of aldehydes is 1. The van der Waals surface area contributed by atoms with Gasteiger partial charge in [0, 0.05) is 62.8 Å². The average molecular weight is 636 g/mol. The lowest BCUT2D eigenvalue weighted by molar-refractivity contribution is -0.138. The average Bonchev–Trinajstić information content (AvgIpc) is 3.57. The molecule has 230 valence electrons. The number of anilines is 1. The van der Waals surface area contributed by atoms with Crippen molar-refractivity contribution in [1.82, 2.24) is 19.4 Å². The smallest absolute Gasteiger partial charge is 0.247 e. The zero-order chi connectivity index (χ0) is 32.1. The van der Waals surface area contributed by atoms with Crippen LogP contribution in [0, 0.1) is 11.7 Å². The number of piperidine rings is 1. The van der Waals surface area contributed by atoms with Crippen molar-refractivity contribution >= 4 is 52.1 Å². The topological polar surface area (TPSA) is 114 Å². The van der Waals surface area contributed by atoms with E-state index in [1.807, 2.05) is 18.2 Å². The number of ketones is 1. The normalized spacial score (nSPS) is 18.3. The Labute approximate surface area is 268 Å². The minimum Gasteiger partial charge on any atom is -0.337 e. The molecule has 1 saturated carbocycles. The van der Waals surface area contributed by atoms with E-state index < -0.39 is 17.8 Å². The number of hydrogen-bond donors (Lipinski definition) is 1. The number of aromatic nitrogens is 3. The summed E-state index contributed by atoms with van der Waals surface area (Å²) < 4.78 is 17.3. The molecule has 2 aromatic heterocycles. The van der Waals surface area contributed by atoms with Crippen LogP contribution in [0.15, 0.2) is 79.3 Å². The maximum Gasteiger partial charge on any atom is 0.247 e. The quantitative estimate of drug-likeness (QED) is 0.160. The van der Waals surface area contributed by atoms with Gasteiger partial charge in [-0.1, -0.05) is 48.0 Å². The molecule has 3 aromatic carbocycles. The summed E-state index contributed by atoms with van der Waals surface area (Å²) in [5.74, 6) is -1.20. The number of likely N-dealkylation sites (tertiary alicyclic amines) is 1. The first-order chi connectivity index (χ1) is 22.2. The van der Waals surface area contributed by atoms with Crippen LogP contribution in [0.5, 0.6) is 0 Å². The Morgan fingerprint density at radius 1 is 1.00 bits per heavy atom. The van der Waals surface area contributed by atoms with Crippen molar-refractivity contribution in [2.24, 2.45) is 5.92 Å². The standard InChI is InChI=1S/C35H27ClFN5O4/c1-19(44)26-16-41(29-10-9-20(11-25(26)29)22-14-38-32(18-43)39-15-22)17-33(45)42-30-12-21(30)13-31(42)35(46)40-28-8-4-6-24(34(28)37)23-5-2-3-7-27(23)36/h2-11,14-16,18,21,30-31H,12-13,17H2,1H3,(H,40,46)/t21-,30?,31+/m1/s1. The molecule has 1 saturated heterocycles. The molecule has 3 atom stereocenters. The first-order valence-electron chi connectivity index (χ1n) is 14.8. The fraction of sp³-hybridized carbons (Fsp3) is 0.200. The first kappa shape index (κ1) is 29.5. The van der Waals surface area contributed by atoms with Gasteiger partial charge in [-0.3, -0.25) is 19.2 Å². The third-order valence-corrected chi connectivity index (χ3v) is 9.12. The van der Waals surface area contributed by atoms with Gasteiger partial charge < -0.3 is 14.8 Å². The van der Waals surface area contributed by atoms with Gasteiger partial charge in [0.1, 0.15) is 12.6 Å². The summed E-state index contributed by atoms with van der Waals surface area (Å²) in [6.07, 6.45) is 6.60. The molecule has 0 bridgehead atoms. The Bertz CT molecular complexity index is 2060. The number of hydrogen-bond acceptors (Lipinski definition) is 6. The number of rotatable bonds is 8. The number of halogens is 2. The number of carbonyl (C=O) groups excluding carboxylic acids is 4. The molecular formula is C35H27ClFN5O4. The van der Waals surface area contributed by atoms with Crippen molar-refractivity contribution in [3.05, 3.63) is 101 Å². The Kier molecular flexibility index (Phi) is 7.44. The molecule has 2 aliphatic rings. The maximum atomic E-state index is 15.6. The highest BCUT2D eigenvalue weighted by Crippen LogP contribution is 2.48. The van der Waals surface area contributed by atoms with Gasteiger partial charge in [0.2, 0.25) is 11.8 Å². The van der Waals surface area contributed by atoms with Crippen LogP contribution in [0.25, 0.3) is 33.2 Å². The van der Waals surface area contributed by atoms with Crippen LogP contribution in [-0.2, 0) is 16.1 Å². The van der Waals surface area contributed by atoms with Gasteiger partial charge in [-0.25, -0.2) is 14.4 Å². The number of fused-ring (bicyclic) bond motifs is 2. The van der Waals surface area contributed by atoms with Crippen LogP contribution in [0.1, 0.15) is 40.7 Å². The highest BCUT2D eigenvalue weighted by molar-refractivity contribution is 6.33. The van der Waals surface area contributed by atoms with Gasteiger partial charge >= 0.3 is 0 Å². The second-order valence-electron chi connectivity index (χ2n) is 11.7. The summed E-state index contributed by atoms with van der Waals surface area (Å²) >= 11 is 6.30. The summed E-state index contributed by atoms with van der Waals surface area (Å²) in [4.78, 5) is 60.6. The predicted molar refractivity (Wildman–Crippen MR) is 171 cm³/mol. The van der Waals surface area contributed by atoms with E-state index in [0.29, 0.717) is 45.3 Å². The Hall–Kier alpha value is -5.22. The molecule has 0 spiro atoms. The zero-order valence-electron chi connectivity index (χ0n) is 24.6. The molecule has 11 heteroatoms. The lowest BCUT2D eigenvalue weighted by Crippen LogP contribution is -2.46. The largest absolute Gasteiger partial charge is 0.337 e. The van der Waals surface area contributed by atoms with Crippen molar-refractivity contribution in [2.75, 3.05) is 5.32 Å². The Morgan fingerprint density at radius 2 is 1.76 bits per heavy atom. The van der Waals surface area contributed by atoms with E-state index in [0.717, 1.165) is 12.0 Å². The molecule has 1 N–H and O–H groups in total. The van der Waals surface area contributed by atoms with Crippen LogP contribution in [-0.4, -0.2) is 55.4 Å². The number of nitrogens with one attached hydrogen (secondary N) is 1. The van der Waals surface area contributed by atoms with E-state index in [2.05, 4.69) is 15.3 Å². The summed E-state index contributed by atoms with van der Waals surface area (Å²) in [6.45, 7) is 1.38. The summed E-state index contributed by atoms with van der Waals surface area (Å²) in [6, 6.07) is 16.3. The number of benzene rings is 3. The maximum absolute atomic E-state index is 15.6. The van der Waals surface area contributed by atoms with Gasteiger partial charge in [-0.15, -0.1) is 0 Å². The van der Waals surface area contributed by atoms with Gasteiger partial charge in [0.05, 0.1) is 5.69 Å². The number of Topliss-reactive ketones (excluding diaryl/α,β-unsaturated/α-hetero) is 1. The Morgan fingerprint density at radius 3 is 2.50 bits per heavy atom. The van der Waals surface area contributed by atoms with Crippen molar-refractivity contribution in [1.29, 1.82) is 0 Å². The number of amides is 2. The molecule has 7 rings (SSSR count). The second kappa shape index (κ2) is 11.6. The molecule has 1 aliphatic heterocycles. The summed E-state index contributed by atoms with van der Waals surface area (Å²) in [7, 11) is 0. The molecule has 9 nitrogen and oxygen atoms in total. The van der Waals surface area contributed by atoms with Gasteiger partial charge in [-0.2, -0.15) is 0 Å². The zero-order valence-corrected chi connectivity index (χ0v) is 25.4. The predicted octanol–water partition coefficient (Wildman–Crippen LogP) is 6.20. The van der Waals surface area contributed by atoms with E-state index in [-0.39, 0.29) is 47.3 Å². The molecule has 2 amide bonds. The van der Waals surface area contributed by atoms with Gasteiger partial charge in [-0.05, 0) is 55.5 Å². The SMILES string of the molecule is CC(=O)c1cn(CC(=O)N2C3C[C@@H]3C[C@H]2C(=O)Nc2cccc(-c3ccccc3Cl)c2F)c2ccc(-c3cnc(C=O)nc3)cc12. The molecule has 1 unspecified atom stereocenters. The molecular weight excluding hydrogens is 609 g/mol. The fourth-order valence-corrected chi connectivity index (χ4v) is 6.68. The monoisotopic (exact) mass is 635 g/mol. The number of carbonyl (C=O) groups is 4. The van der Waals surface area contributed by atoms with E-state index >= 15 is 4.39 Å². The highest BCUT2D eigenvalue weighted by Gasteiger charge is 2.56. The lowest BCUT2D eigenvalue weighted by Gasteiger charge is -2.27. The fourth-order valence-electron chi connectivity index (χ4n) is 6.44. The van der Waals surface area contributed by atoms with E-state index in [1.54, 1.807) is 52.1 Å². The van der Waals surface area contributed by atoms with Gasteiger partial charge in [0.15, 0.2) is 23.7 Å². The third-order valence-electron chi connectivity index (χ3n) is 8.79. The van der Waals surface area contributed by atoms with Crippen LogP contribution in [0.2, 0.25) is 5.02 Å². The summed E-state index contributed by atoms with van der Waals surface area (Å²) in [5.41, 5.74) is 3.34. The van der Waals surface area contributed by atoms with Crippen LogP contribution >= 0.6 is 11.6 Å². The van der Waals surface area contributed by atoms with Crippen molar-refractivity contribution in [3.63, 3.8) is 0 Å². The van der Waals surface area contributed by atoms with Crippen molar-refractivity contribution < 1.29 is 23.6 Å². The minimum atomic E-state index is -0.755. The first-order valence-corrected chi connectivity index (χ1v) is 15.2. The second-order valence-corrected chi connectivity index (χ2v) is 12.1. The highest BCUT2D eigenvalue weighted by atomic mass is 35.5. The van der Waals surface area contributed by atoms with Crippen LogP contribution < -0.4 is 5.32 Å². The molecule has 3 heterocycles. The van der Waals surface area contributed by atoms with E-state index in [4.69, 9.17) is 11.6 Å². The Balaban J connectivity index is 1.13. The molecule has 5 aromatic rings. The lowest BCUT2D eigenvalue weighted by atomic mass is 10.0.